The van der Waals surface area contributed by atoms with Crippen LogP contribution in [0.3, 0.4) is 0 Å². The standard InChI is InChI=1S/C17H16N2/c1-13-2-4-14(5-3-13)8-10-19-11-9-15-12-16(18)6-7-17(15)19/h2-12H,18H2,1H3/b10-8-. The fourth-order valence-electron chi connectivity index (χ4n) is 2.16. The number of nitrogens with zero attached hydrogens (tertiary/aromatic N) is 1. The lowest BCUT2D eigenvalue weighted by Crippen LogP contribution is -1.86. The Morgan fingerprint density at radius 2 is 1.79 bits per heavy atom. The summed E-state index contributed by atoms with van der Waals surface area (Å²) >= 11 is 0. The lowest BCUT2D eigenvalue weighted by Gasteiger charge is -1.99. The molecule has 0 radical (unpaired) electrons. The zero-order valence-electron chi connectivity index (χ0n) is 10.9. The molecule has 0 aliphatic heterocycles. The molecule has 3 aromatic rings. The highest BCUT2D eigenvalue weighted by Crippen LogP contribution is 2.19. The van der Waals surface area contributed by atoms with Crippen molar-refractivity contribution in [1.29, 1.82) is 0 Å². The lowest BCUT2D eigenvalue weighted by molar-refractivity contribution is 1.23. The molecule has 1 heterocycles. The average molecular weight is 248 g/mol. The Bertz CT molecular complexity index is 734. The van der Waals surface area contributed by atoms with Crippen LogP contribution in [0.5, 0.6) is 0 Å². The van der Waals surface area contributed by atoms with Crippen molar-refractivity contribution in [2.75, 3.05) is 5.73 Å². The molecule has 0 aliphatic carbocycles. The van der Waals surface area contributed by atoms with E-state index in [0.29, 0.717) is 0 Å². The van der Waals surface area contributed by atoms with Gasteiger partial charge in [-0.25, -0.2) is 0 Å². The second-order valence-corrected chi connectivity index (χ2v) is 4.77. The molecule has 0 spiro atoms. The second-order valence-electron chi connectivity index (χ2n) is 4.77. The molecule has 0 aliphatic rings. The largest absolute Gasteiger partial charge is 0.399 e. The summed E-state index contributed by atoms with van der Waals surface area (Å²) < 4.78 is 2.11. The van der Waals surface area contributed by atoms with Crippen molar-refractivity contribution in [3.8, 4) is 0 Å². The average Bonchev–Trinajstić information content (AvgIpc) is 2.80. The topological polar surface area (TPSA) is 30.9 Å². The molecule has 94 valence electrons. The van der Waals surface area contributed by atoms with Crippen LogP contribution in [0, 0.1) is 6.92 Å². The molecule has 0 atom stereocenters. The first-order valence-electron chi connectivity index (χ1n) is 6.33. The van der Waals surface area contributed by atoms with E-state index in [2.05, 4.69) is 60.3 Å². The summed E-state index contributed by atoms with van der Waals surface area (Å²) in [6, 6.07) is 16.5. The highest BCUT2D eigenvalue weighted by atomic mass is 14.9. The maximum absolute atomic E-state index is 5.79. The Morgan fingerprint density at radius 1 is 1.00 bits per heavy atom. The van der Waals surface area contributed by atoms with Gasteiger partial charge in [0.05, 0.1) is 5.52 Å². The van der Waals surface area contributed by atoms with Crippen LogP contribution in [-0.2, 0) is 0 Å². The molecule has 3 rings (SSSR count). The third-order valence-corrected chi connectivity index (χ3v) is 3.25. The van der Waals surface area contributed by atoms with Crippen molar-refractivity contribution in [2.24, 2.45) is 0 Å². The Labute approximate surface area is 112 Å². The predicted molar refractivity (Wildman–Crippen MR) is 82.8 cm³/mol. The van der Waals surface area contributed by atoms with Gasteiger partial charge >= 0.3 is 0 Å². The minimum Gasteiger partial charge on any atom is -0.399 e. The van der Waals surface area contributed by atoms with Crippen molar-refractivity contribution >= 4 is 28.9 Å². The van der Waals surface area contributed by atoms with E-state index in [4.69, 9.17) is 5.73 Å². The maximum Gasteiger partial charge on any atom is 0.0523 e. The van der Waals surface area contributed by atoms with Gasteiger partial charge in [-0.2, -0.15) is 0 Å². The van der Waals surface area contributed by atoms with Crippen LogP contribution < -0.4 is 5.73 Å². The molecule has 2 aromatic carbocycles. The summed E-state index contributed by atoms with van der Waals surface area (Å²) in [5.74, 6) is 0. The van der Waals surface area contributed by atoms with E-state index < -0.39 is 0 Å². The molecule has 0 bridgehead atoms. The fourth-order valence-corrected chi connectivity index (χ4v) is 2.16. The van der Waals surface area contributed by atoms with Gasteiger partial charge in [-0.05, 0) is 42.8 Å². The fraction of sp³-hybridized carbons (Fsp3) is 0.0588. The van der Waals surface area contributed by atoms with Crippen LogP contribution in [0.25, 0.3) is 23.2 Å². The van der Waals surface area contributed by atoms with E-state index in [9.17, 15) is 0 Å². The first-order valence-corrected chi connectivity index (χ1v) is 6.33. The van der Waals surface area contributed by atoms with Crippen molar-refractivity contribution in [2.45, 2.75) is 6.92 Å². The van der Waals surface area contributed by atoms with Crippen LogP contribution >= 0.6 is 0 Å². The normalized spacial score (nSPS) is 11.4. The third-order valence-electron chi connectivity index (χ3n) is 3.25. The Balaban J connectivity index is 1.95. The molecular weight excluding hydrogens is 232 g/mol. The number of nitrogen functional groups attached to an aromatic ring is 1. The van der Waals surface area contributed by atoms with E-state index in [1.54, 1.807) is 0 Å². The van der Waals surface area contributed by atoms with Gasteiger partial charge in [0, 0.05) is 23.5 Å². The number of nitrogens with two attached hydrogens (primary N) is 1. The molecule has 19 heavy (non-hydrogen) atoms. The predicted octanol–water partition coefficient (Wildman–Crippen LogP) is 4.16. The molecule has 0 saturated carbocycles. The van der Waals surface area contributed by atoms with Gasteiger partial charge in [-0.1, -0.05) is 29.8 Å². The summed E-state index contributed by atoms with van der Waals surface area (Å²) in [6.45, 7) is 2.09. The number of hydrogen-bond acceptors (Lipinski definition) is 1. The molecule has 0 fully saturated rings. The van der Waals surface area contributed by atoms with Crippen LogP contribution in [0.2, 0.25) is 0 Å². The van der Waals surface area contributed by atoms with Gasteiger partial charge in [-0.3, -0.25) is 0 Å². The minimum atomic E-state index is 0.799. The van der Waals surface area contributed by atoms with Crippen LogP contribution in [-0.4, -0.2) is 4.57 Å². The van der Waals surface area contributed by atoms with Crippen LogP contribution in [0.1, 0.15) is 11.1 Å². The number of aromatic nitrogens is 1. The smallest absolute Gasteiger partial charge is 0.0523 e. The first-order chi connectivity index (χ1) is 9.22. The van der Waals surface area contributed by atoms with E-state index in [1.165, 1.54) is 11.1 Å². The Kier molecular flexibility index (Phi) is 2.84. The Hall–Kier alpha value is -2.48. The zero-order chi connectivity index (χ0) is 13.2. The number of rotatable bonds is 2. The summed E-state index contributed by atoms with van der Waals surface area (Å²) in [7, 11) is 0. The summed E-state index contributed by atoms with van der Waals surface area (Å²) in [5.41, 5.74) is 10.2. The van der Waals surface area contributed by atoms with E-state index in [-0.39, 0.29) is 0 Å². The van der Waals surface area contributed by atoms with Crippen molar-refractivity contribution in [3.05, 3.63) is 65.9 Å². The molecule has 0 saturated heterocycles. The monoisotopic (exact) mass is 248 g/mol. The Morgan fingerprint density at radius 3 is 2.58 bits per heavy atom. The summed E-state index contributed by atoms with van der Waals surface area (Å²) in [4.78, 5) is 0. The van der Waals surface area contributed by atoms with Crippen molar-refractivity contribution < 1.29 is 0 Å². The van der Waals surface area contributed by atoms with E-state index in [1.807, 2.05) is 18.2 Å². The van der Waals surface area contributed by atoms with E-state index >= 15 is 0 Å². The van der Waals surface area contributed by atoms with Gasteiger partial charge in [0.1, 0.15) is 0 Å². The number of anilines is 1. The molecule has 0 amide bonds. The number of benzene rings is 2. The first kappa shape index (κ1) is 11.6. The van der Waals surface area contributed by atoms with E-state index in [0.717, 1.165) is 16.6 Å². The molecule has 2 nitrogen and oxygen atoms in total. The minimum absolute atomic E-state index is 0.799. The SMILES string of the molecule is Cc1ccc(/C=C\n2ccc3cc(N)ccc32)cc1. The quantitative estimate of drug-likeness (QED) is 0.678. The zero-order valence-corrected chi connectivity index (χ0v) is 10.9. The van der Waals surface area contributed by atoms with Gasteiger partial charge in [-0.15, -0.1) is 0 Å². The van der Waals surface area contributed by atoms with Crippen LogP contribution in [0.4, 0.5) is 5.69 Å². The number of fused-ring (bicyclic) bond motifs is 1. The maximum atomic E-state index is 5.79. The van der Waals surface area contributed by atoms with Crippen LogP contribution in [0.15, 0.2) is 54.7 Å². The highest BCUT2D eigenvalue weighted by molar-refractivity contribution is 5.85. The summed E-state index contributed by atoms with van der Waals surface area (Å²) in [5, 5.41) is 1.16. The molecule has 1 aromatic heterocycles. The third kappa shape index (κ3) is 2.38. The van der Waals surface area contributed by atoms with Gasteiger partial charge in [0.15, 0.2) is 0 Å². The molecule has 0 unspecified atom stereocenters. The molecule has 2 N–H and O–H groups in total. The van der Waals surface area contributed by atoms with Gasteiger partial charge in [0.2, 0.25) is 0 Å². The van der Waals surface area contributed by atoms with Crippen molar-refractivity contribution in [3.63, 3.8) is 0 Å². The second kappa shape index (κ2) is 4.65. The van der Waals surface area contributed by atoms with Gasteiger partial charge in [0.25, 0.3) is 0 Å². The van der Waals surface area contributed by atoms with Crippen molar-refractivity contribution in [1.82, 2.24) is 4.57 Å². The number of hydrogen-bond donors (Lipinski definition) is 1. The number of aryl methyl sites for hydroxylation is 1. The highest BCUT2D eigenvalue weighted by Gasteiger charge is 1.98. The lowest BCUT2D eigenvalue weighted by atomic mass is 10.1. The summed E-state index contributed by atoms with van der Waals surface area (Å²) in [6.07, 6.45) is 6.23. The molecular formula is C17H16N2. The molecule has 2 heteroatoms. The van der Waals surface area contributed by atoms with Gasteiger partial charge < -0.3 is 10.3 Å².